The van der Waals surface area contributed by atoms with Gasteiger partial charge in [0.25, 0.3) is 0 Å². The van der Waals surface area contributed by atoms with Gasteiger partial charge in [-0.1, -0.05) is 19.1 Å². The molecule has 5 nitrogen and oxygen atoms in total. The number of aryl methyl sites for hydroxylation is 2. The molecule has 0 N–H and O–H groups in total. The number of likely N-dealkylation sites (tertiary alicyclic amines) is 1. The predicted octanol–water partition coefficient (Wildman–Crippen LogP) is 2.23. The first-order valence-electron chi connectivity index (χ1n) is 8.18. The number of hydrogen-bond acceptors (Lipinski definition) is 2. The smallest absolute Gasteiger partial charge is 0.329 e. The molecule has 5 heteroatoms. The van der Waals surface area contributed by atoms with E-state index in [4.69, 9.17) is 0 Å². The molecule has 22 heavy (non-hydrogen) atoms. The predicted molar refractivity (Wildman–Crippen MR) is 86.9 cm³/mol. The highest BCUT2D eigenvalue weighted by molar-refractivity contribution is 5.78. The molecule has 1 aliphatic heterocycles. The molecule has 2 heterocycles. The molecule has 2 aromatic rings. The van der Waals surface area contributed by atoms with Crippen LogP contribution in [0.1, 0.15) is 32.6 Å². The van der Waals surface area contributed by atoms with E-state index < -0.39 is 0 Å². The van der Waals surface area contributed by atoms with Gasteiger partial charge in [0.05, 0.1) is 11.0 Å². The van der Waals surface area contributed by atoms with Crippen LogP contribution in [0, 0.1) is 0 Å². The van der Waals surface area contributed by atoms with Gasteiger partial charge in [-0.3, -0.25) is 13.9 Å². The fourth-order valence-corrected chi connectivity index (χ4v) is 3.26. The summed E-state index contributed by atoms with van der Waals surface area (Å²) in [7, 11) is 0. The zero-order valence-corrected chi connectivity index (χ0v) is 13.1. The number of aromatic nitrogens is 2. The Morgan fingerprint density at radius 3 is 2.23 bits per heavy atom. The number of hydrogen-bond donors (Lipinski definition) is 0. The first-order valence-corrected chi connectivity index (χ1v) is 8.18. The van der Waals surface area contributed by atoms with Gasteiger partial charge in [-0.2, -0.15) is 0 Å². The third-order valence-electron chi connectivity index (χ3n) is 4.38. The van der Waals surface area contributed by atoms with E-state index in [0.29, 0.717) is 19.5 Å². The fourth-order valence-electron chi connectivity index (χ4n) is 3.26. The molecule has 1 saturated heterocycles. The van der Waals surface area contributed by atoms with E-state index in [1.165, 1.54) is 0 Å². The Labute approximate surface area is 130 Å². The lowest BCUT2D eigenvalue weighted by Crippen LogP contribution is -2.30. The lowest BCUT2D eigenvalue weighted by Gasteiger charge is -2.15. The number of para-hydroxylation sites is 2. The number of carbonyl (C=O) groups is 1. The summed E-state index contributed by atoms with van der Waals surface area (Å²) in [6, 6.07) is 7.83. The molecule has 0 unspecified atom stereocenters. The Morgan fingerprint density at radius 2 is 1.64 bits per heavy atom. The molecular weight excluding hydrogens is 278 g/mol. The molecule has 1 fully saturated rings. The van der Waals surface area contributed by atoms with Crippen LogP contribution in [0.4, 0.5) is 0 Å². The highest BCUT2D eigenvalue weighted by atomic mass is 16.2. The van der Waals surface area contributed by atoms with Crippen LogP contribution in [0.5, 0.6) is 0 Å². The summed E-state index contributed by atoms with van der Waals surface area (Å²) < 4.78 is 3.56. The van der Waals surface area contributed by atoms with Crippen LogP contribution < -0.4 is 5.69 Å². The average Bonchev–Trinajstić information content (AvgIpc) is 3.14. The molecular formula is C17H23N3O2. The van der Waals surface area contributed by atoms with Gasteiger partial charge < -0.3 is 4.90 Å². The molecule has 0 spiro atoms. The molecule has 1 aliphatic rings. The van der Waals surface area contributed by atoms with Gasteiger partial charge in [0.1, 0.15) is 0 Å². The summed E-state index contributed by atoms with van der Waals surface area (Å²) >= 11 is 0. The number of fused-ring (bicyclic) bond motifs is 1. The summed E-state index contributed by atoms with van der Waals surface area (Å²) in [5.41, 5.74) is 1.88. The van der Waals surface area contributed by atoms with Crippen molar-refractivity contribution in [3.63, 3.8) is 0 Å². The molecule has 3 rings (SSSR count). The van der Waals surface area contributed by atoms with Crippen molar-refractivity contribution >= 4 is 16.9 Å². The Morgan fingerprint density at radius 1 is 1.05 bits per heavy atom. The molecule has 118 valence electrons. The summed E-state index contributed by atoms with van der Waals surface area (Å²) in [5, 5.41) is 0. The Bertz CT molecular complexity index is 723. The van der Waals surface area contributed by atoms with Crippen molar-refractivity contribution in [2.24, 2.45) is 0 Å². The number of imidazole rings is 1. The second-order valence-electron chi connectivity index (χ2n) is 5.91. The first-order chi connectivity index (χ1) is 10.7. The molecule has 0 atom stereocenters. The minimum atomic E-state index is -0.00253. The van der Waals surface area contributed by atoms with E-state index in [2.05, 4.69) is 6.92 Å². The minimum absolute atomic E-state index is 0.00253. The van der Waals surface area contributed by atoms with Gasteiger partial charge in [-0.05, 0) is 31.4 Å². The lowest BCUT2D eigenvalue weighted by molar-refractivity contribution is -0.130. The number of amides is 1. The van der Waals surface area contributed by atoms with Gasteiger partial charge in [-0.15, -0.1) is 0 Å². The van der Waals surface area contributed by atoms with Crippen LogP contribution in [-0.2, 0) is 17.9 Å². The van der Waals surface area contributed by atoms with Crippen LogP contribution in [0.3, 0.4) is 0 Å². The van der Waals surface area contributed by atoms with Crippen LogP contribution in [0.2, 0.25) is 0 Å². The summed E-state index contributed by atoms with van der Waals surface area (Å²) in [4.78, 5) is 26.7. The monoisotopic (exact) mass is 301 g/mol. The number of carbonyl (C=O) groups excluding carboxylic acids is 1. The third kappa shape index (κ3) is 2.67. The van der Waals surface area contributed by atoms with E-state index >= 15 is 0 Å². The lowest BCUT2D eigenvalue weighted by atomic mass is 10.3. The van der Waals surface area contributed by atoms with E-state index in [9.17, 15) is 9.59 Å². The third-order valence-corrected chi connectivity index (χ3v) is 4.38. The molecule has 1 amide bonds. The highest BCUT2D eigenvalue weighted by Gasteiger charge is 2.19. The van der Waals surface area contributed by atoms with E-state index in [1.807, 2.05) is 33.7 Å². The number of nitrogens with zero attached hydrogens (tertiary/aromatic N) is 3. The van der Waals surface area contributed by atoms with Gasteiger partial charge >= 0.3 is 5.69 Å². The maximum Gasteiger partial charge on any atom is 0.329 e. The topological polar surface area (TPSA) is 47.2 Å². The van der Waals surface area contributed by atoms with E-state index in [1.54, 1.807) is 4.57 Å². The maximum absolute atomic E-state index is 12.6. The largest absolute Gasteiger partial charge is 0.343 e. The van der Waals surface area contributed by atoms with Crippen molar-refractivity contribution < 1.29 is 4.79 Å². The SMILES string of the molecule is CCCn1c(=O)n(CCC(=O)N2CCCC2)c2ccccc21. The molecule has 0 saturated carbocycles. The van der Waals surface area contributed by atoms with E-state index in [0.717, 1.165) is 43.4 Å². The number of benzene rings is 1. The Kier molecular flexibility index (Phi) is 4.32. The zero-order chi connectivity index (χ0) is 15.5. The molecule has 0 radical (unpaired) electrons. The van der Waals surface area contributed by atoms with Crippen LogP contribution >= 0.6 is 0 Å². The second kappa shape index (κ2) is 6.38. The number of rotatable bonds is 5. The minimum Gasteiger partial charge on any atom is -0.343 e. The second-order valence-corrected chi connectivity index (χ2v) is 5.91. The molecule has 1 aromatic carbocycles. The van der Waals surface area contributed by atoms with Crippen LogP contribution in [0.25, 0.3) is 11.0 Å². The summed E-state index contributed by atoms with van der Waals surface area (Å²) in [6.07, 6.45) is 3.52. The van der Waals surface area contributed by atoms with Crippen molar-refractivity contribution in [1.82, 2.24) is 14.0 Å². The van der Waals surface area contributed by atoms with E-state index in [-0.39, 0.29) is 11.6 Å². The van der Waals surface area contributed by atoms with Crippen molar-refractivity contribution in [3.8, 4) is 0 Å². The van der Waals surface area contributed by atoms with Gasteiger partial charge in [0.15, 0.2) is 0 Å². The van der Waals surface area contributed by atoms with Crippen molar-refractivity contribution in [3.05, 3.63) is 34.7 Å². The zero-order valence-electron chi connectivity index (χ0n) is 13.1. The van der Waals surface area contributed by atoms with Crippen LogP contribution in [0.15, 0.2) is 29.1 Å². The molecule has 1 aromatic heterocycles. The fraction of sp³-hybridized carbons (Fsp3) is 0.529. The Hall–Kier alpha value is -2.04. The van der Waals surface area contributed by atoms with Crippen molar-refractivity contribution in [2.45, 2.75) is 45.7 Å². The van der Waals surface area contributed by atoms with Gasteiger partial charge in [0, 0.05) is 32.6 Å². The molecule has 0 bridgehead atoms. The first kappa shape index (κ1) is 14.9. The van der Waals surface area contributed by atoms with Gasteiger partial charge in [0.2, 0.25) is 5.91 Å². The average molecular weight is 301 g/mol. The van der Waals surface area contributed by atoms with Gasteiger partial charge in [-0.25, -0.2) is 4.79 Å². The highest BCUT2D eigenvalue weighted by Crippen LogP contribution is 2.15. The Balaban J connectivity index is 1.85. The van der Waals surface area contributed by atoms with Crippen LogP contribution in [-0.4, -0.2) is 33.0 Å². The van der Waals surface area contributed by atoms with Crippen molar-refractivity contribution in [1.29, 1.82) is 0 Å². The van der Waals surface area contributed by atoms with Crippen molar-refractivity contribution in [2.75, 3.05) is 13.1 Å². The summed E-state index contributed by atoms with van der Waals surface area (Å²) in [6.45, 7) is 4.98. The quantitative estimate of drug-likeness (QED) is 0.850. The maximum atomic E-state index is 12.6. The standard InChI is InChI=1S/C17H23N3O2/c1-2-10-19-14-7-3-4-8-15(14)20(17(19)22)13-9-16(21)18-11-5-6-12-18/h3-4,7-8H,2,5-6,9-13H2,1H3. The normalized spacial score (nSPS) is 14.9. The summed E-state index contributed by atoms with van der Waals surface area (Å²) in [5.74, 6) is 0.164. The molecule has 0 aliphatic carbocycles.